The van der Waals surface area contributed by atoms with Crippen molar-refractivity contribution >= 4 is 0 Å². The summed E-state index contributed by atoms with van der Waals surface area (Å²) in [6.45, 7) is 13.1. The van der Waals surface area contributed by atoms with E-state index < -0.39 is 0 Å². The number of likely N-dealkylation sites (N-methyl/N-ethyl adjacent to an activating group) is 1. The number of piperazine rings is 1. The van der Waals surface area contributed by atoms with Gasteiger partial charge in [0.15, 0.2) is 0 Å². The molecule has 1 aliphatic heterocycles. The summed E-state index contributed by atoms with van der Waals surface area (Å²) in [6, 6.07) is 6.39. The molecule has 4 heteroatoms. The maximum Gasteiger partial charge on any atom is 0.0547 e. The number of nitrogens with one attached hydrogen (secondary N) is 1. The van der Waals surface area contributed by atoms with E-state index in [1.807, 2.05) is 0 Å². The third-order valence-electron chi connectivity index (χ3n) is 4.38. The van der Waals surface area contributed by atoms with Crippen LogP contribution in [0.25, 0.3) is 0 Å². The number of hydrogen-bond acceptors (Lipinski definition) is 4. The summed E-state index contributed by atoms with van der Waals surface area (Å²) in [7, 11) is 2.22. The fourth-order valence-corrected chi connectivity index (χ4v) is 2.81. The summed E-state index contributed by atoms with van der Waals surface area (Å²) in [4.78, 5) is 9.75. The lowest BCUT2D eigenvalue weighted by atomic mass is 9.99. The fourth-order valence-electron chi connectivity index (χ4n) is 2.81. The molecule has 1 aliphatic rings. The van der Waals surface area contributed by atoms with Crippen LogP contribution in [-0.2, 0) is 13.1 Å². The molecular weight excluding hydrogens is 260 g/mol. The van der Waals surface area contributed by atoms with Crippen LogP contribution in [0.2, 0.25) is 0 Å². The standard InChI is InChI=1S/C17H30N4/c1-5-9-18-12-15-7-6-8-16(19-15)13-21-11-10-20(4)17(2,3)14-21/h6-8,18H,5,9-14H2,1-4H3. The predicted molar refractivity (Wildman–Crippen MR) is 88.2 cm³/mol. The van der Waals surface area contributed by atoms with Gasteiger partial charge in [0.1, 0.15) is 0 Å². The van der Waals surface area contributed by atoms with Crippen LogP contribution >= 0.6 is 0 Å². The van der Waals surface area contributed by atoms with Crippen molar-refractivity contribution in [2.24, 2.45) is 0 Å². The Morgan fingerprint density at radius 3 is 2.71 bits per heavy atom. The molecular formula is C17H30N4. The molecule has 1 fully saturated rings. The molecule has 4 nitrogen and oxygen atoms in total. The maximum absolute atomic E-state index is 4.79. The van der Waals surface area contributed by atoms with E-state index in [-0.39, 0.29) is 5.54 Å². The first-order valence-electron chi connectivity index (χ1n) is 8.10. The van der Waals surface area contributed by atoms with E-state index in [1.54, 1.807) is 0 Å². The van der Waals surface area contributed by atoms with Crippen molar-refractivity contribution in [2.45, 2.75) is 45.8 Å². The van der Waals surface area contributed by atoms with E-state index in [4.69, 9.17) is 4.98 Å². The SMILES string of the molecule is CCCNCc1cccc(CN2CCN(C)C(C)(C)C2)n1. The predicted octanol–water partition coefficient (Wildman–Crippen LogP) is 2.11. The lowest BCUT2D eigenvalue weighted by Gasteiger charge is -2.45. The molecule has 1 saturated heterocycles. The van der Waals surface area contributed by atoms with Gasteiger partial charge in [-0.2, -0.15) is 0 Å². The van der Waals surface area contributed by atoms with Crippen molar-refractivity contribution < 1.29 is 0 Å². The van der Waals surface area contributed by atoms with Crippen LogP contribution in [0.4, 0.5) is 0 Å². The Hall–Kier alpha value is -0.970. The Bertz CT molecular complexity index is 444. The van der Waals surface area contributed by atoms with E-state index in [9.17, 15) is 0 Å². The molecule has 0 amide bonds. The molecule has 1 aromatic heterocycles. The Kier molecular flexibility index (Phi) is 5.73. The minimum Gasteiger partial charge on any atom is -0.311 e. The largest absolute Gasteiger partial charge is 0.311 e. The molecule has 0 aliphatic carbocycles. The third kappa shape index (κ3) is 4.77. The average Bonchev–Trinajstić information content (AvgIpc) is 2.43. The first-order chi connectivity index (χ1) is 10.0. The topological polar surface area (TPSA) is 31.4 Å². The number of pyridine rings is 1. The number of hydrogen-bond donors (Lipinski definition) is 1. The Balaban J connectivity index is 1.92. The average molecular weight is 290 g/mol. The first kappa shape index (κ1) is 16.4. The summed E-state index contributed by atoms with van der Waals surface area (Å²) in [5.74, 6) is 0. The van der Waals surface area contributed by atoms with Crippen molar-refractivity contribution in [2.75, 3.05) is 33.2 Å². The van der Waals surface area contributed by atoms with Gasteiger partial charge in [-0.25, -0.2) is 0 Å². The molecule has 0 aromatic carbocycles. The lowest BCUT2D eigenvalue weighted by molar-refractivity contribution is 0.0354. The van der Waals surface area contributed by atoms with Crippen LogP contribution in [0.3, 0.4) is 0 Å². The van der Waals surface area contributed by atoms with Crippen LogP contribution in [0.15, 0.2) is 18.2 Å². The van der Waals surface area contributed by atoms with Gasteiger partial charge in [0.25, 0.3) is 0 Å². The number of nitrogens with zero attached hydrogens (tertiary/aromatic N) is 3. The summed E-state index contributed by atoms with van der Waals surface area (Å²) >= 11 is 0. The highest BCUT2D eigenvalue weighted by atomic mass is 15.3. The van der Waals surface area contributed by atoms with Gasteiger partial charge in [-0.05, 0) is 46.0 Å². The highest BCUT2D eigenvalue weighted by molar-refractivity contribution is 5.11. The quantitative estimate of drug-likeness (QED) is 0.813. The molecule has 0 spiro atoms. The van der Waals surface area contributed by atoms with Gasteiger partial charge >= 0.3 is 0 Å². The minimum absolute atomic E-state index is 0.249. The van der Waals surface area contributed by atoms with Crippen molar-refractivity contribution in [3.05, 3.63) is 29.6 Å². The lowest BCUT2D eigenvalue weighted by Crippen LogP contribution is -2.57. The minimum atomic E-state index is 0.249. The molecule has 0 unspecified atom stereocenters. The number of rotatable bonds is 6. The zero-order chi connectivity index (χ0) is 15.3. The molecule has 118 valence electrons. The van der Waals surface area contributed by atoms with Gasteiger partial charge in [0.05, 0.1) is 11.4 Å². The molecule has 0 saturated carbocycles. The second kappa shape index (κ2) is 7.34. The molecule has 21 heavy (non-hydrogen) atoms. The van der Waals surface area contributed by atoms with Crippen molar-refractivity contribution in [1.82, 2.24) is 20.1 Å². The van der Waals surface area contributed by atoms with Gasteiger partial charge in [-0.1, -0.05) is 13.0 Å². The van der Waals surface area contributed by atoms with Gasteiger partial charge < -0.3 is 5.32 Å². The zero-order valence-corrected chi connectivity index (χ0v) is 14.0. The summed E-state index contributed by atoms with van der Waals surface area (Å²) in [5, 5.41) is 3.42. The highest BCUT2D eigenvalue weighted by Crippen LogP contribution is 2.20. The molecule has 2 rings (SSSR count). The second-order valence-corrected chi connectivity index (χ2v) is 6.74. The van der Waals surface area contributed by atoms with E-state index in [0.29, 0.717) is 0 Å². The first-order valence-corrected chi connectivity index (χ1v) is 8.10. The van der Waals surface area contributed by atoms with Crippen molar-refractivity contribution in [3.63, 3.8) is 0 Å². The number of aromatic nitrogens is 1. The van der Waals surface area contributed by atoms with E-state index >= 15 is 0 Å². The van der Waals surface area contributed by atoms with Gasteiger partial charge in [-0.15, -0.1) is 0 Å². The monoisotopic (exact) mass is 290 g/mol. The molecule has 1 N–H and O–H groups in total. The van der Waals surface area contributed by atoms with Gasteiger partial charge in [0.2, 0.25) is 0 Å². The summed E-state index contributed by atoms with van der Waals surface area (Å²) in [6.07, 6.45) is 1.16. The van der Waals surface area contributed by atoms with Crippen LogP contribution < -0.4 is 5.32 Å². The fraction of sp³-hybridized carbons (Fsp3) is 0.706. The summed E-state index contributed by atoms with van der Waals surface area (Å²) in [5.41, 5.74) is 2.58. The maximum atomic E-state index is 4.79. The van der Waals surface area contributed by atoms with E-state index in [1.165, 1.54) is 5.69 Å². The third-order valence-corrected chi connectivity index (χ3v) is 4.38. The molecule has 1 aromatic rings. The van der Waals surface area contributed by atoms with Crippen molar-refractivity contribution in [1.29, 1.82) is 0 Å². The van der Waals surface area contributed by atoms with Crippen molar-refractivity contribution in [3.8, 4) is 0 Å². The van der Waals surface area contributed by atoms with E-state index in [2.05, 4.69) is 61.1 Å². The molecule has 0 atom stereocenters. The Morgan fingerprint density at radius 2 is 2.00 bits per heavy atom. The van der Waals surface area contributed by atoms with Crippen LogP contribution in [-0.4, -0.2) is 53.5 Å². The van der Waals surface area contributed by atoms with Crippen LogP contribution in [0, 0.1) is 0 Å². The molecule has 0 bridgehead atoms. The van der Waals surface area contributed by atoms with Gasteiger partial charge in [0, 0.05) is 38.3 Å². The van der Waals surface area contributed by atoms with E-state index in [0.717, 1.165) is 51.4 Å². The highest BCUT2D eigenvalue weighted by Gasteiger charge is 2.30. The Morgan fingerprint density at radius 1 is 1.24 bits per heavy atom. The Labute approximate surface area is 129 Å². The summed E-state index contributed by atoms with van der Waals surface area (Å²) < 4.78 is 0. The van der Waals surface area contributed by atoms with Gasteiger partial charge in [-0.3, -0.25) is 14.8 Å². The normalized spacial score (nSPS) is 19.8. The van der Waals surface area contributed by atoms with Crippen LogP contribution in [0.5, 0.6) is 0 Å². The smallest absolute Gasteiger partial charge is 0.0547 e. The molecule has 0 radical (unpaired) electrons. The molecule has 2 heterocycles. The van der Waals surface area contributed by atoms with Crippen LogP contribution in [0.1, 0.15) is 38.6 Å². The second-order valence-electron chi connectivity index (χ2n) is 6.74. The zero-order valence-electron chi connectivity index (χ0n) is 14.0.